The minimum atomic E-state index is -4.93. The van der Waals surface area contributed by atoms with Crippen molar-refractivity contribution in [3.63, 3.8) is 0 Å². The number of amides is 2. The van der Waals surface area contributed by atoms with E-state index in [1.54, 1.807) is 22.1 Å². The van der Waals surface area contributed by atoms with E-state index in [1.807, 2.05) is 6.92 Å². The molecule has 190 valence electrons. The highest BCUT2D eigenvalue weighted by Crippen LogP contribution is 2.55. The number of likely N-dealkylation sites (tertiary alicyclic amines) is 1. The van der Waals surface area contributed by atoms with Gasteiger partial charge in [-0.15, -0.1) is 10.2 Å². The number of alkyl halides is 3. The molecule has 3 heterocycles. The largest absolute Gasteiger partial charge is 0.417 e. The van der Waals surface area contributed by atoms with Gasteiger partial charge in [0.15, 0.2) is 11.6 Å². The molecule has 1 N–H and O–H groups in total. The fourth-order valence-electron chi connectivity index (χ4n) is 5.68. The van der Waals surface area contributed by atoms with Gasteiger partial charge in [-0.3, -0.25) is 0 Å². The molecule has 1 aliphatic heterocycles. The molecule has 2 fully saturated rings. The summed E-state index contributed by atoms with van der Waals surface area (Å²) in [4.78, 5) is 22.3. The number of rotatable bonds is 4. The Balaban J connectivity index is 1.49. The maximum absolute atomic E-state index is 14.9. The fourth-order valence-corrected chi connectivity index (χ4v) is 5.68. The number of carbonyl (C=O) groups excluding carboxylic acids is 1. The SMILES string of the molecule is CC(n1cnnc1)C12C[C@H](C)C[C@H](C1)N2C(=O)Nc1cc(-c2ncc(F)cn2)c(C(F)(F)F)cc1F. The second-order valence-corrected chi connectivity index (χ2v) is 9.49. The Kier molecular flexibility index (Phi) is 5.67. The van der Waals surface area contributed by atoms with Gasteiger partial charge in [-0.2, -0.15) is 13.2 Å². The number of piperidine rings is 1. The van der Waals surface area contributed by atoms with Gasteiger partial charge in [-0.05, 0) is 44.2 Å². The Bertz CT molecular complexity index is 1280. The Hall–Kier alpha value is -3.64. The molecule has 2 aliphatic rings. The van der Waals surface area contributed by atoms with E-state index in [-0.39, 0.29) is 18.2 Å². The third-order valence-electron chi connectivity index (χ3n) is 7.21. The number of aromatic nitrogens is 5. The molecular weight excluding hydrogens is 485 g/mol. The Morgan fingerprint density at radius 1 is 1.14 bits per heavy atom. The van der Waals surface area contributed by atoms with Crippen LogP contribution in [-0.2, 0) is 6.18 Å². The molecule has 2 unspecified atom stereocenters. The molecule has 36 heavy (non-hydrogen) atoms. The molecule has 1 aliphatic carbocycles. The van der Waals surface area contributed by atoms with Gasteiger partial charge in [-0.25, -0.2) is 23.5 Å². The average molecular weight is 507 g/mol. The minimum Gasteiger partial charge on any atom is -0.315 e. The van der Waals surface area contributed by atoms with Crippen LogP contribution in [0.1, 0.15) is 44.7 Å². The van der Waals surface area contributed by atoms with Crippen LogP contribution < -0.4 is 5.32 Å². The Labute approximate surface area is 202 Å². The van der Waals surface area contributed by atoms with Crippen LogP contribution in [0.4, 0.5) is 32.4 Å². The number of fused-ring (bicyclic) bond motifs is 2. The first kappa shape index (κ1) is 24.1. The summed E-state index contributed by atoms with van der Waals surface area (Å²) in [6.45, 7) is 4.04. The first-order valence-corrected chi connectivity index (χ1v) is 11.3. The molecule has 2 aromatic heterocycles. The van der Waals surface area contributed by atoms with Gasteiger partial charge in [0.1, 0.15) is 18.5 Å². The number of urea groups is 1. The molecule has 8 nitrogen and oxygen atoms in total. The summed E-state index contributed by atoms with van der Waals surface area (Å²) < 4.78 is 70.8. The highest BCUT2D eigenvalue weighted by molar-refractivity contribution is 5.92. The fraction of sp³-hybridized carbons (Fsp3) is 0.435. The van der Waals surface area contributed by atoms with Crippen LogP contribution in [-0.4, -0.2) is 47.2 Å². The molecule has 5 rings (SSSR count). The molecule has 1 saturated heterocycles. The van der Waals surface area contributed by atoms with Crippen molar-refractivity contribution in [2.24, 2.45) is 5.92 Å². The topological polar surface area (TPSA) is 88.8 Å². The Morgan fingerprint density at radius 3 is 2.44 bits per heavy atom. The first-order chi connectivity index (χ1) is 17.0. The van der Waals surface area contributed by atoms with Gasteiger partial charge in [0.25, 0.3) is 0 Å². The van der Waals surface area contributed by atoms with Crippen LogP contribution in [0.3, 0.4) is 0 Å². The maximum Gasteiger partial charge on any atom is 0.417 e. The zero-order valence-corrected chi connectivity index (χ0v) is 19.3. The van der Waals surface area contributed by atoms with Crippen LogP contribution in [0.2, 0.25) is 0 Å². The number of hydrogen-bond acceptors (Lipinski definition) is 5. The van der Waals surface area contributed by atoms with Crippen LogP contribution in [0.25, 0.3) is 11.4 Å². The van der Waals surface area contributed by atoms with Crippen molar-refractivity contribution in [2.75, 3.05) is 5.32 Å². The molecule has 13 heteroatoms. The number of benzene rings is 1. The van der Waals surface area contributed by atoms with Gasteiger partial charge in [0.2, 0.25) is 0 Å². The zero-order chi connectivity index (χ0) is 25.8. The summed E-state index contributed by atoms with van der Waals surface area (Å²) in [7, 11) is 0. The second kappa shape index (κ2) is 8.49. The number of hydrogen-bond donors (Lipinski definition) is 1. The molecule has 1 aromatic carbocycles. The number of halogens is 5. The molecule has 2 amide bonds. The normalized spacial score (nSPS) is 24.2. The maximum atomic E-state index is 14.9. The summed E-state index contributed by atoms with van der Waals surface area (Å²) in [6.07, 6.45) is 1.80. The number of anilines is 1. The van der Waals surface area contributed by atoms with Crippen molar-refractivity contribution >= 4 is 11.7 Å². The van der Waals surface area contributed by atoms with E-state index < -0.39 is 52.0 Å². The smallest absolute Gasteiger partial charge is 0.315 e. The van der Waals surface area contributed by atoms with Crippen molar-refractivity contribution in [3.8, 4) is 11.4 Å². The van der Waals surface area contributed by atoms with E-state index >= 15 is 0 Å². The lowest BCUT2D eigenvalue weighted by Gasteiger charge is -2.65. The lowest BCUT2D eigenvalue weighted by Crippen LogP contribution is -2.74. The predicted octanol–water partition coefficient (Wildman–Crippen LogP) is 5.07. The standard InChI is InChI=1S/C23H22F5N7O/c1-12-3-15-7-22(6-12,13(2)34-10-31-32-11-34)35(15)21(36)33-19-4-16(20-29-8-14(24)9-30-20)17(5-18(19)25)23(26,27)28/h4-5,8-13,15H,3,6-7H2,1-2H3,(H,33,36)/t12-,13?,15-,22?/m1/s1. The Morgan fingerprint density at radius 2 is 1.81 bits per heavy atom. The molecule has 3 aromatic rings. The third-order valence-corrected chi connectivity index (χ3v) is 7.21. The van der Waals surface area contributed by atoms with E-state index in [2.05, 4.69) is 32.4 Å². The van der Waals surface area contributed by atoms with Crippen molar-refractivity contribution in [1.82, 2.24) is 29.6 Å². The van der Waals surface area contributed by atoms with Crippen LogP contribution in [0.15, 0.2) is 37.2 Å². The second-order valence-electron chi connectivity index (χ2n) is 9.49. The summed E-state index contributed by atoms with van der Waals surface area (Å²) in [5, 5.41) is 10.1. The molecule has 2 bridgehead atoms. The van der Waals surface area contributed by atoms with E-state index in [1.165, 1.54) is 0 Å². The molecular formula is C23H22F5N7O. The van der Waals surface area contributed by atoms with Crippen molar-refractivity contribution in [3.05, 3.63) is 54.4 Å². The van der Waals surface area contributed by atoms with E-state index in [0.29, 0.717) is 24.7 Å². The highest BCUT2D eigenvalue weighted by Gasteiger charge is 2.61. The van der Waals surface area contributed by atoms with Crippen LogP contribution in [0.5, 0.6) is 0 Å². The lowest BCUT2D eigenvalue weighted by molar-refractivity contribution is -0.137. The van der Waals surface area contributed by atoms with E-state index in [4.69, 9.17) is 0 Å². The lowest BCUT2D eigenvalue weighted by atomic mass is 9.61. The molecule has 0 radical (unpaired) electrons. The van der Waals surface area contributed by atoms with Gasteiger partial charge in [0, 0.05) is 11.6 Å². The highest BCUT2D eigenvalue weighted by atomic mass is 19.4. The van der Waals surface area contributed by atoms with Gasteiger partial charge in [-0.1, -0.05) is 6.92 Å². The van der Waals surface area contributed by atoms with E-state index in [0.717, 1.165) is 18.9 Å². The van der Waals surface area contributed by atoms with Gasteiger partial charge < -0.3 is 14.8 Å². The number of nitrogens with zero attached hydrogens (tertiary/aromatic N) is 6. The molecule has 0 spiro atoms. The van der Waals surface area contributed by atoms with Gasteiger partial charge >= 0.3 is 12.2 Å². The summed E-state index contributed by atoms with van der Waals surface area (Å²) >= 11 is 0. The third kappa shape index (κ3) is 3.95. The van der Waals surface area contributed by atoms with Crippen molar-refractivity contribution in [2.45, 2.75) is 56.9 Å². The monoisotopic (exact) mass is 507 g/mol. The predicted molar refractivity (Wildman–Crippen MR) is 118 cm³/mol. The van der Waals surface area contributed by atoms with Crippen LogP contribution >= 0.6 is 0 Å². The summed E-state index contributed by atoms with van der Waals surface area (Å²) in [5.41, 5.74) is -2.96. The quantitative estimate of drug-likeness (QED) is 0.499. The van der Waals surface area contributed by atoms with Crippen molar-refractivity contribution < 1.29 is 26.7 Å². The van der Waals surface area contributed by atoms with Crippen LogP contribution in [0, 0.1) is 17.6 Å². The van der Waals surface area contributed by atoms with Gasteiger partial charge in [0.05, 0.1) is 35.2 Å². The average Bonchev–Trinajstić information content (AvgIpc) is 3.34. The van der Waals surface area contributed by atoms with Crippen molar-refractivity contribution in [1.29, 1.82) is 0 Å². The number of carbonyl (C=O) groups is 1. The number of nitrogens with one attached hydrogen (secondary N) is 1. The summed E-state index contributed by atoms with van der Waals surface area (Å²) in [5.74, 6) is -2.21. The minimum absolute atomic E-state index is 0.0925. The molecule has 1 saturated carbocycles. The summed E-state index contributed by atoms with van der Waals surface area (Å²) in [6, 6.07) is 0.217. The molecule has 4 atom stereocenters. The zero-order valence-electron chi connectivity index (χ0n) is 19.3. The van der Waals surface area contributed by atoms with E-state index in [9.17, 15) is 26.7 Å². The first-order valence-electron chi connectivity index (χ1n) is 11.3.